The largest absolute Gasteiger partial charge is 0.388 e. The van der Waals surface area contributed by atoms with Gasteiger partial charge >= 0.3 is 0 Å². The molecular weight excluding hydrogens is 232 g/mol. The maximum atomic E-state index is 12.1. The third-order valence-electron chi connectivity index (χ3n) is 3.18. The van der Waals surface area contributed by atoms with E-state index in [1.165, 1.54) is 4.90 Å². The fraction of sp³-hybridized carbons (Fsp3) is 0.462. The average Bonchev–Trinajstić information content (AvgIpc) is 2.70. The number of β-amino-alcohol motifs (C(OH)–C–C–N with tert-alkyl or cyclic N) is 2. The standard InChI is InChI=1S/C13H18N2O3/c14-6-5-9-1-3-10(4-2-9)13(18)15-7-11(16)12(17)8-15/h1-4,11-12,16-17H,5-8,14H2. The summed E-state index contributed by atoms with van der Waals surface area (Å²) in [6, 6.07) is 7.26. The number of amides is 1. The van der Waals surface area contributed by atoms with Gasteiger partial charge in [0, 0.05) is 18.7 Å². The summed E-state index contributed by atoms with van der Waals surface area (Å²) in [5, 5.41) is 18.8. The van der Waals surface area contributed by atoms with Crippen LogP contribution < -0.4 is 5.73 Å². The summed E-state index contributed by atoms with van der Waals surface area (Å²) in [4.78, 5) is 13.6. The summed E-state index contributed by atoms with van der Waals surface area (Å²) >= 11 is 0. The zero-order valence-corrected chi connectivity index (χ0v) is 10.1. The Labute approximate surface area is 106 Å². The minimum Gasteiger partial charge on any atom is -0.388 e. The molecule has 2 unspecified atom stereocenters. The number of carbonyl (C=O) groups excluding carboxylic acids is 1. The number of likely N-dealkylation sites (tertiary alicyclic amines) is 1. The molecule has 1 aromatic carbocycles. The zero-order valence-electron chi connectivity index (χ0n) is 10.1. The van der Waals surface area contributed by atoms with Crippen LogP contribution in [-0.2, 0) is 6.42 Å². The second-order valence-corrected chi connectivity index (χ2v) is 4.58. The molecule has 98 valence electrons. The third kappa shape index (κ3) is 2.69. The van der Waals surface area contributed by atoms with E-state index in [1.54, 1.807) is 12.1 Å². The number of aliphatic hydroxyl groups is 2. The molecule has 0 aromatic heterocycles. The number of hydrogen-bond donors (Lipinski definition) is 3. The van der Waals surface area contributed by atoms with Crippen LogP contribution in [0.15, 0.2) is 24.3 Å². The fourth-order valence-electron chi connectivity index (χ4n) is 2.10. The molecule has 0 saturated carbocycles. The molecule has 1 heterocycles. The molecule has 1 fully saturated rings. The molecule has 2 rings (SSSR count). The SMILES string of the molecule is NCCc1ccc(C(=O)N2CC(O)C(O)C2)cc1. The van der Waals surface area contributed by atoms with Gasteiger partial charge in [-0.2, -0.15) is 0 Å². The number of benzene rings is 1. The topological polar surface area (TPSA) is 86.8 Å². The summed E-state index contributed by atoms with van der Waals surface area (Å²) in [5.74, 6) is -0.162. The Morgan fingerprint density at radius 1 is 1.22 bits per heavy atom. The van der Waals surface area contributed by atoms with Gasteiger partial charge in [-0.3, -0.25) is 4.79 Å². The van der Waals surface area contributed by atoms with Gasteiger partial charge in [-0.05, 0) is 30.7 Å². The van der Waals surface area contributed by atoms with Crippen LogP contribution in [0.3, 0.4) is 0 Å². The molecule has 1 amide bonds. The van der Waals surface area contributed by atoms with Crippen molar-refractivity contribution < 1.29 is 15.0 Å². The highest BCUT2D eigenvalue weighted by Crippen LogP contribution is 2.15. The summed E-state index contributed by atoms with van der Waals surface area (Å²) < 4.78 is 0. The van der Waals surface area contributed by atoms with Crippen molar-refractivity contribution in [3.05, 3.63) is 35.4 Å². The lowest BCUT2D eigenvalue weighted by Crippen LogP contribution is -2.29. The first-order valence-electron chi connectivity index (χ1n) is 6.06. The maximum absolute atomic E-state index is 12.1. The van der Waals surface area contributed by atoms with Crippen LogP contribution in [0.1, 0.15) is 15.9 Å². The number of rotatable bonds is 3. The molecule has 0 aliphatic carbocycles. The van der Waals surface area contributed by atoms with Crippen molar-refractivity contribution in [1.82, 2.24) is 4.90 Å². The summed E-state index contributed by atoms with van der Waals surface area (Å²) in [6.45, 7) is 0.951. The summed E-state index contributed by atoms with van der Waals surface area (Å²) in [6.07, 6.45) is -0.897. The van der Waals surface area contributed by atoms with E-state index >= 15 is 0 Å². The van der Waals surface area contributed by atoms with Crippen LogP contribution in [0.2, 0.25) is 0 Å². The lowest BCUT2D eigenvalue weighted by Gasteiger charge is -2.15. The minimum absolute atomic E-state index is 0.162. The Morgan fingerprint density at radius 3 is 2.28 bits per heavy atom. The first-order valence-corrected chi connectivity index (χ1v) is 6.06. The Kier molecular flexibility index (Phi) is 3.96. The van der Waals surface area contributed by atoms with Crippen LogP contribution in [-0.4, -0.2) is 52.9 Å². The number of carbonyl (C=O) groups is 1. The molecule has 18 heavy (non-hydrogen) atoms. The zero-order chi connectivity index (χ0) is 13.1. The molecule has 4 N–H and O–H groups in total. The molecule has 0 bridgehead atoms. The molecule has 0 radical (unpaired) electrons. The monoisotopic (exact) mass is 250 g/mol. The van der Waals surface area contributed by atoms with Gasteiger partial charge in [0.05, 0.1) is 12.2 Å². The second kappa shape index (κ2) is 5.48. The normalized spacial score (nSPS) is 23.4. The van der Waals surface area contributed by atoms with E-state index in [9.17, 15) is 15.0 Å². The van der Waals surface area contributed by atoms with Crippen LogP contribution in [0.4, 0.5) is 0 Å². The van der Waals surface area contributed by atoms with Crippen molar-refractivity contribution >= 4 is 5.91 Å². The third-order valence-corrected chi connectivity index (χ3v) is 3.18. The quantitative estimate of drug-likeness (QED) is 0.666. The Hall–Kier alpha value is -1.43. The van der Waals surface area contributed by atoms with Gasteiger partial charge in [-0.15, -0.1) is 0 Å². The Bertz CT molecular complexity index is 409. The van der Waals surface area contributed by atoms with Gasteiger partial charge < -0.3 is 20.8 Å². The van der Waals surface area contributed by atoms with Crippen molar-refractivity contribution in [2.75, 3.05) is 19.6 Å². The van der Waals surface area contributed by atoms with Crippen LogP contribution >= 0.6 is 0 Å². The van der Waals surface area contributed by atoms with Crippen molar-refractivity contribution in [1.29, 1.82) is 0 Å². The van der Waals surface area contributed by atoms with Gasteiger partial charge in [-0.25, -0.2) is 0 Å². The van der Waals surface area contributed by atoms with Crippen molar-refractivity contribution in [2.24, 2.45) is 5.73 Å². The first-order chi connectivity index (χ1) is 8.61. The second-order valence-electron chi connectivity index (χ2n) is 4.58. The van der Waals surface area contributed by atoms with Crippen molar-refractivity contribution in [3.63, 3.8) is 0 Å². The smallest absolute Gasteiger partial charge is 0.254 e. The molecule has 1 aliphatic rings. The van der Waals surface area contributed by atoms with Gasteiger partial charge in [-0.1, -0.05) is 12.1 Å². The molecule has 2 atom stereocenters. The fourth-order valence-corrected chi connectivity index (χ4v) is 2.10. The summed E-state index contributed by atoms with van der Waals surface area (Å²) in [5.41, 5.74) is 7.12. The first kappa shape index (κ1) is 13.0. The molecule has 1 aromatic rings. The molecule has 0 spiro atoms. The minimum atomic E-state index is -0.842. The highest BCUT2D eigenvalue weighted by atomic mass is 16.3. The van der Waals surface area contributed by atoms with E-state index in [0.717, 1.165) is 12.0 Å². The van der Waals surface area contributed by atoms with E-state index in [4.69, 9.17) is 5.73 Å². The van der Waals surface area contributed by atoms with Crippen molar-refractivity contribution in [2.45, 2.75) is 18.6 Å². The molecule has 1 aliphatic heterocycles. The number of nitrogens with zero attached hydrogens (tertiary/aromatic N) is 1. The van der Waals surface area contributed by atoms with E-state index in [2.05, 4.69) is 0 Å². The van der Waals surface area contributed by atoms with Gasteiger partial charge in [0.1, 0.15) is 0 Å². The van der Waals surface area contributed by atoms with Crippen molar-refractivity contribution in [3.8, 4) is 0 Å². The number of hydrogen-bond acceptors (Lipinski definition) is 4. The van der Waals surface area contributed by atoms with Gasteiger partial charge in [0.2, 0.25) is 0 Å². The molecule has 5 heteroatoms. The van der Waals surface area contributed by atoms with Crippen LogP contribution in [0.5, 0.6) is 0 Å². The highest BCUT2D eigenvalue weighted by molar-refractivity contribution is 5.94. The van der Waals surface area contributed by atoms with Crippen LogP contribution in [0.25, 0.3) is 0 Å². The Balaban J connectivity index is 2.05. The lowest BCUT2D eigenvalue weighted by molar-refractivity contribution is 0.0572. The van der Waals surface area contributed by atoms with Gasteiger partial charge in [0.15, 0.2) is 0 Å². The van der Waals surface area contributed by atoms with E-state index in [0.29, 0.717) is 12.1 Å². The van der Waals surface area contributed by atoms with E-state index in [1.807, 2.05) is 12.1 Å². The highest BCUT2D eigenvalue weighted by Gasteiger charge is 2.32. The van der Waals surface area contributed by atoms with E-state index < -0.39 is 12.2 Å². The lowest BCUT2D eigenvalue weighted by atomic mass is 10.1. The molecule has 1 saturated heterocycles. The van der Waals surface area contributed by atoms with Gasteiger partial charge in [0.25, 0.3) is 5.91 Å². The molecular formula is C13H18N2O3. The Morgan fingerprint density at radius 2 is 1.78 bits per heavy atom. The van der Waals surface area contributed by atoms with E-state index in [-0.39, 0.29) is 19.0 Å². The van der Waals surface area contributed by atoms with Crippen LogP contribution in [0, 0.1) is 0 Å². The predicted octanol–water partition coefficient (Wildman–Crippen LogP) is -0.635. The number of aliphatic hydroxyl groups excluding tert-OH is 2. The maximum Gasteiger partial charge on any atom is 0.254 e. The summed E-state index contributed by atoms with van der Waals surface area (Å²) in [7, 11) is 0. The number of nitrogens with two attached hydrogens (primary N) is 1. The average molecular weight is 250 g/mol. The molecule has 5 nitrogen and oxygen atoms in total. The predicted molar refractivity (Wildman–Crippen MR) is 67.1 cm³/mol.